The number of nitrogens with one attached hydrogen (secondary N) is 1. The Kier molecular flexibility index (Phi) is 5.27. The lowest BCUT2D eigenvalue weighted by molar-refractivity contribution is 0.186. The Labute approximate surface area is 115 Å². The average Bonchev–Trinajstić information content (AvgIpc) is 3.01. The monoisotopic (exact) mass is 266 g/mol. The summed E-state index contributed by atoms with van der Waals surface area (Å²) >= 11 is 0. The van der Waals surface area contributed by atoms with Crippen LogP contribution in [-0.4, -0.2) is 50.3 Å². The quantitative estimate of drug-likeness (QED) is 0.799. The summed E-state index contributed by atoms with van der Waals surface area (Å²) in [4.78, 5) is 2.46. The zero-order chi connectivity index (χ0) is 13.7. The van der Waals surface area contributed by atoms with E-state index in [4.69, 9.17) is 0 Å². The van der Waals surface area contributed by atoms with Crippen LogP contribution in [0.15, 0.2) is 0 Å². The highest BCUT2D eigenvalue weighted by molar-refractivity contribution is 4.85. The van der Waals surface area contributed by atoms with E-state index in [2.05, 4.69) is 46.5 Å². The molecule has 0 bridgehead atoms. The first kappa shape index (κ1) is 14.4. The van der Waals surface area contributed by atoms with Crippen LogP contribution in [0.1, 0.15) is 45.9 Å². The van der Waals surface area contributed by atoms with E-state index in [1.165, 1.54) is 12.8 Å². The zero-order valence-electron chi connectivity index (χ0n) is 12.3. The van der Waals surface area contributed by atoms with Crippen molar-refractivity contribution in [1.29, 1.82) is 0 Å². The van der Waals surface area contributed by atoms with Crippen LogP contribution in [0, 0.1) is 0 Å². The molecular formula is C13H26N6. The second kappa shape index (κ2) is 6.96. The molecule has 1 aliphatic heterocycles. The Bertz CT molecular complexity index is 369. The fraction of sp³-hybridized carbons (Fsp3) is 0.923. The lowest BCUT2D eigenvalue weighted by Gasteiger charge is -2.28. The van der Waals surface area contributed by atoms with Crippen LogP contribution in [-0.2, 0) is 13.1 Å². The molecule has 1 aliphatic rings. The Morgan fingerprint density at radius 2 is 2.32 bits per heavy atom. The van der Waals surface area contributed by atoms with Gasteiger partial charge in [-0.3, -0.25) is 4.90 Å². The molecule has 1 aromatic heterocycles. The molecule has 0 amide bonds. The van der Waals surface area contributed by atoms with Crippen molar-refractivity contribution in [3.8, 4) is 0 Å². The van der Waals surface area contributed by atoms with E-state index in [1.54, 1.807) is 0 Å². The van der Waals surface area contributed by atoms with Crippen molar-refractivity contribution in [3.63, 3.8) is 0 Å². The third kappa shape index (κ3) is 3.98. The highest BCUT2D eigenvalue weighted by Gasteiger charge is 2.21. The van der Waals surface area contributed by atoms with Crippen molar-refractivity contribution in [1.82, 2.24) is 30.4 Å². The number of aryl methyl sites for hydroxylation is 1. The molecule has 0 radical (unpaired) electrons. The Morgan fingerprint density at radius 1 is 1.47 bits per heavy atom. The second-order valence-corrected chi connectivity index (χ2v) is 5.63. The Hall–Kier alpha value is -1.01. The predicted molar refractivity (Wildman–Crippen MR) is 74.7 cm³/mol. The number of rotatable bonds is 7. The molecule has 1 aromatic rings. The molecule has 1 N–H and O–H groups in total. The van der Waals surface area contributed by atoms with E-state index >= 15 is 0 Å². The molecule has 0 aliphatic carbocycles. The van der Waals surface area contributed by atoms with Crippen molar-refractivity contribution < 1.29 is 0 Å². The summed E-state index contributed by atoms with van der Waals surface area (Å²) in [5.74, 6) is 0.980. The minimum atomic E-state index is 0.508. The molecular weight excluding hydrogens is 240 g/mol. The maximum Gasteiger partial charge on any atom is 0.165 e. The lowest BCUT2D eigenvalue weighted by atomic mass is 10.2. The van der Waals surface area contributed by atoms with Gasteiger partial charge >= 0.3 is 0 Å². The Morgan fingerprint density at radius 3 is 2.95 bits per heavy atom. The third-order valence-corrected chi connectivity index (χ3v) is 3.73. The van der Waals surface area contributed by atoms with Gasteiger partial charge in [0, 0.05) is 25.2 Å². The highest BCUT2D eigenvalue weighted by atomic mass is 15.5. The molecule has 0 spiro atoms. The van der Waals surface area contributed by atoms with E-state index < -0.39 is 0 Å². The fourth-order valence-electron chi connectivity index (χ4n) is 2.56. The van der Waals surface area contributed by atoms with Gasteiger partial charge in [0.2, 0.25) is 0 Å². The van der Waals surface area contributed by atoms with Gasteiger partial charge in [-0.25, -0.2) is 4.68 Å². The second-order valence-electron chi connectivity index (χ2n) is 5.63. The molecule has 0 aromatic carbocycles. The summed E-state index contributed by atoms with van der Waals surface area (Å²) in [7, 11) is 0. The predicted octanol–water partition coefficient (Wildman–Crippen LogP) is 1.05. The van der Waals surface area contributed by atoms with Gasteiger partial charge in [0.15, 0.2) is 5.82 Å². The van der Waals surface area contributed by atoms with E-state index in [-0.39, 0.29) is 0 Å². The van der Waals surface area contributed by atoms with E-state index in [1.807, 2.05) is 4.68 Å². The van der Waals surface area contributed by atoms with E-state index in [9.17, 15) is 0 Å². The summed E-state index contributed by atoms with van der Waals surface area (Å²) in [6, 6.07) is 1.13. The van der Waals surface area contributed by atoms with Crippen LogP contribution in [0.25, 0.3) is 0 Å². The van der Waals surface area contributed by atoms with Crippen LogP contribution in [0.4, 0.5) is 0 Å². The van der Waals surface area contributed by atoms with Gasteiger partial charge in [-0.2, -0.15) is 0 Å². The maximum atomic E-state index is 4.17. The summed E-state index contributed by atoms with van der Waals surface area (Å²) in [6.07, 6.45) is 3.64. The number of hydrogen-bond donors (Lipinski definition) is 1. The van der Waals surface area contributed by atoms with Crippen LogP contribution in [0.3, 0.4) is 0 Å². The van der Waals surface area contributed by atoms with Crippen molar-refractivity contribution in [2.45, 2.75) is 65.2 Å². The first-order valence-corrected chi connectivity index (χ1v) is 7.43. The molecule has 6 nitrogen and oxygen atoms in total. The van der Waals surface area contributed by atoms with Crippen molar-refractivity contribution in [2.75, 3.05) is 13.1 Å². The third-order valence-electron chi connectivity index (χ3n) is 3.73. The molecule has 2 rings (SSSR count). The topological polar surface area (TPSA) is 58.9 Å². The molecule has 0 saturated carbocycles. The molecule has 1 saturated heterocycles. The van der Waals surface area contributed by atoms with Crippen molar-refractivity contribution in [3.05, 3.63) is 5.82 Å². The molecule has 19 heavy (non-hydrogen) atoms. The molecule has 1 unspecified atom stereocenters. The average molecular weight is 266 g/mol. The van der Waals surface area contributed by atoms with Gasteiger partial charge in [-0.1, -0.05) is 6.92 Å². The number of nitrogens with zero attached hydrogens (tertiary/aromatic N) is 5. The van der Waals surface area contributed by atoms with Gasteiger partial charge < -0.3 is 5.32 Å². The van der Waals surface area contributed by atoms with Crippen molar-refractivity contribution >= 4 is 0 Å². The van der Waals surface area contributed by atoms with E-state index in [0.29, 0.717) is 12.1 Å². The minimum Gasteiger partial charge on any atom is -0.313 e. The normalized spacial score (nSPS) is 19.7. The highest BCUT2D eigenvalue weighted by Crippen LogP contribution is 2.12. The summed E-state index contributed by atoms with van der Waals surface area (Å²) < 4.78 is 1.93. The lowest BCUT2D eigenvalue weighted by Crippen LogP contribution is -2.41. The van der Waals surface area contributed by atoms with Gasteiger partial charge in [-0.15, -0.1) is 5.10 Å². The van der Waals surface area contributed by atoms with Crippen LogP contribution < -0.4 is 5.32 Å². The van der Waals surface area contributed by atoms with Crippen LogP contribution >= 0.6 is 0 Å². The number of hydrogen-bond acceptors (Lipinski definition) is 5. The zero-order valence-corrected chi connectivity index (χ0v) is 12.3. The SMILES string of the molecule is CCCn1nnnc1CN(CC1CCCN1)C(C)C. The van der Waals surface area contributed by atoms with Gasteiger partial charge in [-0.05, 0) is 50.1 Å². The van der Waals surface area contributed by atoms with Crippen molar-refractivity contribution in [2.24, 2.45) is 0 Å². The standard InChI is InChI=1S/C13H26N6/c1-4-8-19-13(15-16-17-19)10-18(11(2)3)9-12-6-5-7-14-12/h11-12,14H,4-10H2,1-3H3. The first-order chi connectivity index (χ1) is 9.20. The smallest absolute Gasteiger partial charge is 0.165 e. The van der Waals surface area contributed by atoms with Gasteiger partial charge in [0.05, 0.1) is 6.54 Å². The first-order valence-electron chi connectivity index (χ1n) is 7.43. The summed E-state index contributed by atoms with van der Waals surface area (Å²) in [5, 5.41) is 15.6. The van der Waals surface area contributed by atoms with Gasteiger partial charge in [0.1, 0.15) is 0 Å². The summed E-state index contributed by atoms with van der Waals surface area (Å²) in [6.45, 7) is 10.6. The molecule has 2 heterocycles. The summed E-state index contributed by atoms with van der Waals surface area (Å²) in [5.41, 5.74) is 0. The van der Waals surface area contributed by atoms with Crippen LogP contribution in [0.5, 0.6) is 0 Å². The molecule has 108 valence electrons. The molecule has 1 atom stereocenters. The number of aromatic nitrogens is 4. The molecule has 6 heteroatoms. The van der Waals surface area contributed by atoms with E-state index in [0.717, 1.165) is 38.4 Å². The fourth-order valence-corrected chi connectivity index (χ4v) is 2.56. The maximum absolute atomic E-state index is 4.17. The Balaban J connectivity index is 1.96. The molecule has 1 fully saturated rings. The van der Waals surface area contributed by atoms with Crippen LogP contribution in [0.2, 0.25) is 0 Å². The number of tetrazole rings is 1. The minimum absolute atomic E-state index is 0.508. The largest absolute Gasteiger partial charge is 0.313 e. The van der Waals surface area contributed by atoms with Gasteiger partial charge in [0.25, 0.3) is 0 Å².